The Bertz CT molecular complexity index is 410. The first-order valence-electron chi connectivity index (χ1n) is 6.95. The average Bonchev–Trinajstić information content (AvgIpc) is 2.53. The maximum absolute atomic E-state index is 10.5. The van der Waals surface area contributed by atoms with E-state index in [1.165, 1.54) is 12.1 Å². The van der Waals surface area contributed by atoms with E-state index in [1.54, 1.807) is 12.1 Å². The molecule has 0 aliphatic heterocycles. The molecule has 0 amide bonds. The zero-order chi connectivity index (χ0) is 16.0. The lowest BCUT2D eigenvalue weighted by Gasteiger charge is -2.08. The minimum absolute atomic E-state index is 0.0118. The summed E-state index contributed by atoms with van der Waals surface area (Å²) in [6.45, 7) is 2.91. The molecule has 1 aromatic rings. The zero-order valence-electron chi connectivity index (χ0n) is 12.3. The van der Waals surface area contributed by atoms with Crippen LogP contribution in [-0.4, -0.2) is 62.9 Å². The van der Waals surface area contributed by atoms with Crippen LogP contribution < -0.4 is 4.74 Å². The van der Waals surface area contributed by atoms with E-state index in [0.29, 0.717) is 52.0 Å². The smallest absolute Gasteiger partial charge is 0.269 e. The van der Waals surface area contributed by atoms with E-state index >= 15 is 0 Å². The Morgan fingerprint density at radius 1 is 0.864 bits per heavy atom. The summed E-state index contributed by atoms with van der Waals surface area (Å²) in [7, 11) is 0. The number of nitro groups is 1. The Morgan fingerprint density at radius 2 is 1.36 bits per heavy atom. The molecule has 8 nitrogen and oxygen atoms in total. The number of ether oxygens (including phenoxy) is 4. The van der Waals surface area contributed by atoms with Gasteiger partial charge in [0.2, 0.25) is 0 Å². The third kappa shape index (κ3) is 8.53. The van der Waals surface area contributed by atoms with Gasteiger partial charge in [-0.15, -0.1) is 0 Å². The predicted octanol–water partition coefficient (Wildman–Crippen LogP) is 1.02. The molecule has 0 bridgehead atoms. The van der Waals surface area contributed by atoms with Gasteiger partial charge in [-0.1, -0.05) is 0 Å². The van der Waals surface area contributed by atoms with Crippen molar-refractivity contribution in [3.63, 3.8) is 0 Å². The summed E-state index contributed by atoms with van der Waals surface area (Å²) in [5.41, 5.74) is 0.0312. The second-order valence-corrected chi connectivity index (χ2v) is 4.16. The van der Waals surface area contributed by atoms with Gasteiger partial charge in [-0.25, -0.2) is 0 Å². The predicted molar refractivity (Wildman–Crippen MR) is 78.1 cm³/mol. The molecule has 0 saturated carbocycles. The van der Waals surface area contributed by atoms with E-state index in [1.807, 2.05) is 0 Å². The topological polar surface area (TPSA) is 100 Å². The number of nitro benzene ring substituents is 1. The van der Waals surface area contributed by atoms with Crippen molar-refractivity contribution >= 4 is 5.69 Å². The lowest BCUT2D eigenvalue weighted by molar-refractivity contribution is -0.384. The number of non-ortho nitro benzene ring substituents is 1. The zero-order valence-corrected chi connectivity index (χ0v) is 12.3. The second-order valence-electron chi connectivity index (χ2n) is 4.16. The van der Waals surface area contributed by atoms with E-state index in [0.717, 1.165) is 0 Å². The van der Waals surface area contributed by atoms with Crippen LogP contribution in [0.3, 0.4) is 0 Å². The molecule has 0 radical (unpaired) electrons. The Labute approximate surface area is 128 Å². The van der Waals surface area contributed by atoms with Gasteiger partial charge < -0.3 is 24.1 Å². The van der Waals surface area contributed by atoms with Crippen LogP contribution in [0.15, 0.2) is 24.3 Å². The number of hydrogen-bond donors (Lipinski definition) is 1. The fraction of sp³-hybridized carbons (Fsp3) is 0.571. The SMILES string of the molecule is O=[N+]([O-])c1ccc(OCCOCCOCCOCCO)cc1. The van der Waals surface area contributed by atoms with Gasteiger partial charge in [-0.3, -0.25) is 10.1 Å². The third-order valence-corrected chi connectivity index (χ3v) is 2.52. The van der Waals surface area contributed by atoms with Crippen molar-refractivity contribution < 1.29 is 29.0 Å². The van der Waals surface area contributed by atoms with Gasteiger partial charge in [-0.2, -0.15) is 0 Å². The molecule has 0 fully saturated rings. The van der Waals surface area contributed by atoms with Crippen LogP contribution in [-0.2, 0) is 14.2 Å². The van der Waals surface area contributed by atoms with Crippen molar-refractivity contribution in [1.82, 2.24) is 0 Å². The molecule has 0 saturated heterocycles. The van der Waals surface area contributed by atoms with Crippen molar-refractivity contribution in [2.24, 2.45) is 0 Å². The van der Waals surface area contributed by atoms with E-state index < -0.39 is 4.92 Å². The first kappa shape index (κ1) is 18.3. The molecule has 1 N–H and O–H groups in total. The summed E-state index contributed by atoms with van der Waals surface area (Å²) < 4.78 is 21.0. The quantitative estimate of drug-likeness (QED) is 0.329. The van der Waals surface area contributed by atoms with Crippen LogP contribution in [0.25, 0.3) is 0 Å². The van der Waals surface area contributed by atoms with E-state index in [9.17, 15) is 10.1 Å². The summed E-state index contributed by atoms with van der Waals surface area (Å²) in [5.74, 6) is 0.562. The van der Waals surface area contributed by atoms with Crippen LogP contribution in [0.5, 0.6) is 5.75 Å². The molecule has 124 valence electrons. The largest absolute Gasteiger partial charge is 0.491 e. The minimum atomic E-state index is -0.457. The minimum Gasteiger partial charge on any atom is -0.491 e. The van der Waals surface area contributed by atoms with E-state index in [4.69, 9.17) is 24.1 Å². The highest BCUT2D eigenvalue weighted by Crippen LogP contribution is 2.16. The Kier molecular flexibility index (Phi) is 9.88. The summed E-state index contributed by atoms with van der Waals surface area (Å²) in [6, 6.07) is 5.88. The van der Waals surface area contributed by atoms with Crippen LogP contribution in [0.4, 0.5) is 5.69 Å². The van der Waals surface area contributed by atoms with Crippen molar-refractivity contribution in [3.8, 4) is 5.75 Å². The summed E-state index contributed by atoms with van der Waals surface area (Å²) in [6.07, 6.45) is 0. The normalized spacial score (nSPS) is 10.6. The number of nitrogens with zero attached hydrogens (tertiary/aromatic N) is 1. The molecule has 1 aromatic carbocycles. The first-order chi connectivity index (χ1) is 10.7. The summed E-state index contributed by atoms with van der Waals surface area (Å²) in [5, 5.41) is 19.0. The number of aliphatic hydroxyl groups excluding tert-OH is 1. The standard InChI is InChI=1S/C14H21NO7/c16-5-6-19-7-8-20-9-10-21-11-12-22-14-3-1-13(2-4-14)15(17)18/h1-4,16H,5-12H2. The van der Waals surface area contributed by atoms with Gasteiger partial charge in [0.1, 0.15) is 12.4 Å². The van der Waals surface area contributed by atoms with Gasteiger partial charge in [0.25, 0.3) is 5.69 Å². The van der Waals surface area contributed by atoms with E-state index in [2.05, 4.69) is 0 Å². The lowest BCUT2D eigenvalue weighted by atomic mass is 10.3. The van der Waals surface area contributed by atoms with Crippen molar-refractivity contribution in [2.75, 3.05) is 52.9 Å². The van der Waals surface area contributed by atoms with Crippen molar-refractivity contribution in [2.45, 2.75) is 0 Å². The highest BCUT2D eigenvalue weighted by atomic mass is 16.6. The van der Waals surface area contributed by atoms with Crippen LogP contribution in [0.2, 0.25) is 0 Å². The molecule has 8 heteroatoms. The van der Waals surface area contributed by atoms with Crippen LogP contribution in [0.1, 0.15) is 0 Å². The highest BCUT2D eigenvalue weighted by Gasteiger charge is 2.03. The molecule has 0 atom stereocenters. The molecule has 0 heterocycles. The number of benzene rings is 1. The average molecular weight is 315 g/mol. The van der Waals surface area contributed by atoms with Crippen molar-refractivity contribution in [1.29, 1.82) is 0 Å². The lowest BCUT2D eigenvalue weighted by Crippen LogP contribution is -2.13. The molecular formula is C14H21NO7. The Balaban J connectivity index is 1.94. The van der Waals surface area contributed by atoms with Crippen LogP contribution >= 0.6 is 0 Å². The molecule has 22 heavy (non-hydrogen) atoms. The number of aliphatic hydroxyl groups is 1. The van der Waals surface area contributed by atoms with Crippen LogP contribution in [0, 0.1) is 10.1 Å². The fourth-order valence-corrected chi connectivity index (χ4v) is 1.49. The molecule has 0 aliphatic carbocycles. The first-order valence-corrected chi connectivity index (χ1v) is 6.95. The number of hydrogen-bond acceptors (Lipinski definition) is 7. The van der Waals surface area contributed by atoms with Gasteiger partial charge >= 0.3 is 0 Å². The molecule has 0 spiro atoms. The Hall–Kier alpha value is -1.74. The van der Waals surface area contributed by atoms with Gasteiger partial charge in [-0.05, 0) is 12.1 Å². The molecule has 1 rings (SSSR count). The van der Waals surface area contributed by atoms with Gasteiger partial charge in [0, 0.05) is 12.1 Å². The maximum Gasteiger partial charge on any atom is 0.269 e. The summed E-state index contributed by atoms with van der Waals surface area (Å²) >= 11 is 0. The monoisotopic (exact) mass is 315 g/mol. The fourth-order valence-electron chi connectivity index (χ4n) is 1.49. The highest BCUT2D eigenvalue weighted by molar-refractivity contribution is 5.35. The molecule has 0 aliphatic rings. The summed E-state index contributed by atoms with van der Waals surface area (Å²) in [4.78, 5) is 10.0. The molecule has 0 unspecified atom stereocenters. The van der Waals surface area contributed by atoms with E-state index in [-0.39, 0.29) is 12.3 Å². The second kappa shape index (κ2) is 11.9. The maximum atomic E-state index is 10.5. The molecular weight excluding hydrogens is 294 g/mol. The van der Waals surface area contributed by atoms with Gasteiger partial charge in [0.05, 0.1) is 51.2 Å². The molecule has 0 aromatic heterocycles. The number of rotatable bonds is 13. The third-order valence-electron chi connectivity index (χ3n) is 2.52. The van der Waals surface area contributed by atoms with Gasteiger partial charge in [0.15, 0.2) is 0 Å². The Morgan fingerprint density at radius 3 is 1.86 bits per heavy atom. The van der Waals surface area contributed by atoms with Crippen molar-refractivity contribution in [3.05, 3.63) is 34.4 Å².